The Morgan fingerprint density at radius 2 is 1.75 bits per heavy atom. The van der Waals surface area contributed by atoms with Crippen molar-refractivity contribution < 1.29 is 0 Å². The Kier molecular flexibility index (Phi) is 5.46. The van der Waals surface area contributed by atoms with Crippen LogP contribution in [0.2, 0.25) is 5.02 Å². The molecule has 0 spiro atoms. The van der Waals surface area contributed by atoms with E-state index in [4.69, 9.17) is 17.3 Å². The highest BCUT2D eigenvalue weighted by molar-refractivity contribution is 9.10. The number of anilines is 1. The van der Waals surface area contributed by atoms with Crippen molar-refractivity contribution in [1.82, 2.24) is 0 Å². The molecular weight excluding hydrogens is 336 g/mol. The predicted molar refractivity (Wildman–Crippen MR) is 90.5 cm³/mol. The lowest BCUT2D eigenvalue weighted by atomic mass is 10.1. The molecule has 0 saturated heterocycles. The van der Waals surface area contributed by atoms with Crippen LogP contribution in [0.1, 0.15) is 11.1 Å². The molecule has 0 radical (unpaired) electrons. The largest absolute Gasteiger partial charge is 0.369 e. The molecular formula is C16H18BrClN2. The van der Waals surface area contributed by atoms with Gasteiger partial charge >= 0.3 is 0 Å². The van der Waals surface area contributed by atoms with Crippen molar-refractivity contribution in [2.75, 3.05) is 18.5 Å². The van der Waals surface area contributed by atoms with Gasteiger partial charge in [-0.05, 0) is 48.4 Å². The maximum atomic E-state index is 6.36. The minimum absolute atomic E-state index is 0.643. The van der Waals surface area contributed by atoms with Gasteiger partial charge in [0.05, 0.1) is 10.7 Å². The Labute approximate surface area is 133 Å². The monoisotopic (exact) mass is 352 g/mol. The Morgan fingerprint density at radius 3 is 2.35 bits per heavy atom. The molecule has 0 fully saturated rings. The lowest BCUT2D eigenvalue weighted by Crippen LogP contribution is -2.16. The number of hydrogen-bond donors (Lipinski definition) is 1. The van der Waals surface area contributed by atoms with Crippen molar-refractivity contribution in [2.24, 2.45) is 5.73 Å². The fraction of sp³-hybridized carbons (Fsp3) is 0.250. The van der Waals surface area contributed by atoms with Crippen LogP contribution >= 0.6 is 27.5 Å². The summed E-state index contributed by atoms with van der Waals surface area (Å²) >= 11 is 9.81. The molecule has 0 aliphatic rings. The fourth-order valence-electron chi connectivity index (χ4n) is 2.13. The number of benzene rings is 2. The zero-order valence-electron chi connectivity index (χ0n) is 11.4. The topological polar surface area (TPSA) is 29.3 Å². The molecule has 0 amide bonds. The van der Waals surface area contributed by atoms with E-state index in [1.54, 1.807) is 0 Å². The molecule has 20 heavy (non-hydrogen) atoms. The second-order valence-electron chi connectivity index (χ2n) is 4.81. The van der Waals surface area contributed by atoms with Crippen molar-refractivity contribution in [3.63, 3.8) is 0 Å². The van der Waals surface area contributed by atoms with Crippen LogP contribution in [0, 0.1) is 0 Å². The van der Waals surface area contributed by atoms with Gasteiger partial charge in [0.1, 0.15) is 0 Å². The molecule has 0 unspecified atom stereocenters. The Morgan fingerprint density at radius 1 is 1.10 bits per heavy atom. The summed E-state index contributed by atoms with van der Waals surface area (Å²) in [5.41, 5.74) is 9.03. The van der Waals surface area contributed by atoms with E-state index in [0.717, 1.165) is 28.1 Å². The molecule has 2 aromatic rings. The maximum absolute atomic E-state index is 6.36. The van der Waals surface area contributed by atoms with Crippen molar-refractivity contribution in [3.05, 3.63) is 63.1 Å². The van der Waals surface area contributed by atoms with E-state index in [1.807, 2.05) is 13.1 Å². The SMILES string of the molecule is CN(Cc1ccc(Br)cc1)c1ccc(CCN)cc1Cl. The van der Waals surface area contributed by atoms with Gasteiger partial charge in [0, 0.05) is 18.1 Å². The summed E-state index contributed by atoms with van der Waals surface area (Å²) in [5, 5.41) is 0.774. The highest BCUT2D eigenvalue weighted by Gasteiger charge is 2.07. The molecule has 0 aliphatic carbocycles. The number of hydrogen-bond acceptors (Lipinski definition) is 2. The minimum Gasteiger partial charge on any atom is -0.369 e. The summed E-state index contributed by atoms with van der Waals surface area (Å²) in [6, 6.07) is 14.5. The van der Waals surface area contributed by atoms with Crippen LogP contribution in [0.3, 0.4) is 0 Å². The van der Waals surface area contributed by atoms with Crippen molar-refractivity contribution >= 4 is 33.2 Å². The first-order chi connectivity index (χ1) is 9.60. The molecule has 0 aromatic heterocycles. The normalized spacial score (nSPS) is 10.6. The molecule has 2 N–H and O–H groups in total. The molecule has 0 bridgehead atoms. The van der Waals surface area contributed by atoms with Crippen LogP contribution in [0.25, 0.3) is 0 Å². The highest BCUT2D eigenvalue weighted by Crippen LogP contribution is 2.27. The van der Waals surface area contributed by atoms with Crippen LogP contribution < -0.4 is 10.6 Å². The molecule has 106 valence electrons. The van der Waals surface area contributed by atoms with E-state index >= 15 is 0 Å². The van der Waals surface area contributed by atoms with E-state index < -0.39 is 0 Å². The third kappa shape index (κ3) is 3.98. The molecule has 2 rings (SSSR count). The average Bonchev–Trinajstić information content (AvgIpc) is 2.42. The number of halogens is 2. The first-order valence-corrected chi connectivity index (χ1v) is 7.71. The zero-order valence-corrected chi connectivity index (χ0v) is 13.8. The average molecular weight is 354 g/mol. The van der Waals surface area contributed by atoms with E-state index in [2.05, 4.69) is 57.2 Å². The van der Waals surface area contributed by atoms with Crippen molar-refractivity contribution in [1.29, 1.82) is 0 Å². The number of nitrogens with zero attached hydrogens (tertiary/aromatic N) is 1. The summed E-state index contributed by atoms with van der Waals surface area (Å²) in [4.78, 5) is 2.15. The van der Waals surface area contributed by atoms with Crippen LogP contribution in [0.5, 0.6) is 0 Å². The molecule has 0 heterocycles. The van der Waals surface area contributed by atoms with Gasteiger partial charge < -0.3 is 10.6 Å². The third-order valence-corrected chi connectivity index (χ3v) is 4.02. The first kappa shape index (κ1) is 15.4. The van der Waals surface area contributed by atoms with Gasteiger partial charge in [-0.15, -0.1) is 0 Å². The van der Waals surface area contributed by atoms with Crippen molar-refractivity contribution in [2.45, 2.75) is 13.0 Å². The third-order valence-electron chi connectivity index (χ3n) is 3.19. The van der Waals surface area contributed by atoms with Gasteiger partial charge in [-0.25, -0.2) is 0 Å². The van der Waals surface area contributed by atoms with Gasteiger partial charge in [0.25, 0.3) is 0 Å². The van der Waals surface area contributed by atoms with Gasteiger partial charge in [0.15, 0.2) is 0 Å². The Hall–Kier alpha value is -1.03. The van der Waals surface area contributed by atoms with Gasteiger partial charge in [-0.1, -0.05) is 45.7 Å². The van der Waals surface area contributed by atoms with Gasteiger partial charge in [0.2, 0.25) is 0 Å². The van der Waals surface area contributed by atoms with Crippen molar-refractivity contribution in [3.8, 4) is 0 Å². The van der Waals surface area contributed by atoms with Crippen LogP contribution in [0.15, 0.2) is 46.9 Å². The Balaban J connectivity index is 2.12. The predicted octanol–water partition coefficient (Wildman–Crippen LogP) is 4.24. The van der Waals surface area contributed by atoms with Crippen LogP contribution in [-0.2, 0) is 13.0 Å². The zero-order chi connectivity index (χ0) is 14.5. The number of nitrogens with two attached hydrogens (primary N) is 1. The lowest BCUT2D eigenvalue weighted by molar-refractivity contribution is 0.919. The second-order valence-corrected chi connectivity index (χ2v) is 6.13. The molecule has 0 saturated carbocycles. The van der Waals surface area contributed by atoms with E-state index in [-0.39, 0.29) is 0 Å². The summed E-state index contributed by atoms with van der Waals surface area (Å²) in [6.07, 6.45) is 0.858. The Bertz CT molecular complexity index is 569. The second kappa shape index (κ2) is 7.11. The molecule has 0 atom stereocenters. The summed E-state index contributed by atoms with van der Waals surface area (Å²) < 4.78 is 1.09. The standard InChI is InChI=1S/C16H18BrClN2/c1-20(11-13-2-5-14(17)6-3-13)16-7-4-12(8-9-19)10-15(16)18/h2-7,10H,8-9,11,19H2,1H3. The first-order valence-electron chi connectivity index (χ1n) is 6.54. The molecule has 2 aromatic carbocycles. The van der Waals surface area contributed by atoms with Gasteiger partial charge in [-0.2, -0.15) is 0 Å². The summed E-state index contributed by atoms with van der Waals surface area (Å²) in [6.45, 7) is 1.47. The van der Waals surface area contributed by atoms with Crippen LogP contribution in [0.4, 0.5) is 5.69 Å². The maximum Gasteiger partial charge on any atom is 0.0642 e. The summed E-state index contributed by atoms with van der Waals surface area (Å²) in [5.74, 6) is 0. The quantitative estimate of drug-likeness (QED) is 0.871. The lowest BCUT2D eigenvalue weighted by Gasteiger charge is -2.21. The summed E-state index contributed by atoms with van der Waals surface area (Å²) in [7, 11) is 2.05. The highest BCUT2D eigenvalue weighted by atomic mass is 79.9. The van der Waals surface area contributed by atoms with E-state index in [9.17, 15) is 0 Å². The van der Waals surface area contributed by atoms with E-state index in [0.29, 0.717) is 6.54 Å². The van der Waals surface area contributed by atoms with Gasteiger partial charge in [-0.3, -0.25) is 0 Å². The smallest absolute Gasteiger partial charge is 0.0642 e. The molecule has 4 heteroatoms. The fourth-order valence-corrected chi connectivity index (χ4v) is 2.74. The minimum atomic E-state index is 0.643. The van der Waals surface area contributed by atoms with E-state index in [1.165, 1.54) is 11.1 Å². The molecule has 0 aliphatic heterocycles. The molecule has 2 nitrogen and oxygen atoms in total. The van der Waals surface area contributed by atoms with Crippen LogP contribution in [-0.4, -0.2) is 13.6 Å². The number of rotatable bonds is 5.